The Morgan fingerprint density at radius 3 is 2.83 bits per heavy atom. The lowest BCUT2D eigenvalue weighted by molar-refractivity contribution is -0.118. The SMILES string of the molecule is C/C(=C\N)C(=O)NCC1CCC(COc2ccc(F)c(F)c2)CO1. The van der Waals surface area contributed by atoms with E-state index >= 15 is 0 Å². The molecule has 1 saturated heterocycles. The van der Waals surface area contributed by atoms with Crippen LogP contribution in [0.4, 0.5) is 8.78 Å². The molecule has 0 radical (unpaired) electrons. The van der Waals surface area contributed by atoms with Gasteiger partial charge in [-0.3, -0.25) is 4.79 Å². The number of halogens is 2. The van der Waals surface area contributed by atoms with Crippen LogP contribution in [0, 0.1) is 17.6 Å². The number of amides is 1. The Morgan fingerprint density at radius 2 is 2.21 bits per heavy atom. The Balaban J connectivity index is 1.69. The zero-order valence-electron chi connectivity index (χ0n) is 13.6. The molecule has 1 aromatic rings. The highest BCUT2D eigenvalue weighted by Gasteiger charge is 2.23. The number of nitrogens with two attached hydrogens (primary N) is 1. The fourth-order valence-electron chi connectivity index (χ4n) is 2.36. The molecule has 7 heteroatoms. The highest BCUT2D eigenvalue weighted by molar-refractivity contribution is 5.92. The van der Waals surface area contributed by atoms with Crippen LogP contribution in [0.3, 0.4) is 0 Å². The molecule has 1 heterocycles. The predicted molar refractivity (Wildman–Crippen MR) is 85.3 cm³/mol. The summed E-state index contributed by atoms with van der Waals surface area (Å²) in [4.78, 5) is 11.6. The third-order valence-electron chi connectivity index (χ3n) is 3.94. The Hall–Kier alpha value is -2.15. The molecule has 0 bridgehead atoms. The molecule has 0 saturated carbocycles. The van der Waals surface area contributed by atoms with E-state index in [0.29, 0.717) is 31.1 Å². The Bertz CT molecular complexity index is 599. The van der Waals surface area contributed by atoms with E-state index in [4.69, 9.17) is 15.2 Å². The summed E-state index contributed by atoms with van der Waals surface area (Å²) in [6.07, 6.45) is 2.88. The highest BCUT2D eigenvalue weighted by atomic mass is 19.2. The van der Waals surface area contributed by atoms with Gasteiger partial charge in [-0.05, 0) is 31.9 Å². The summed E-state index contributed by atoms with van der Waals surface area (Å²) in [6.45, 7) is 2.94. The van der Waals surface area contributed by atoms with Gasteiger partial charge >= 0.3 is 0 Å². The van der Waals surface area contributed by atoms with E-state index in [0.717, 1.165) is 25.0 Å². The van der Waals surface area contributed by atoms with Gasteiger partial charge < -0.3 is 20.5 Å². The first-order valence-electron chi connectivity index (χ1n) is 7.85. The predicted octanol–water partition coefficient (Wildman–Crippen LogP) is 2.12. The summed E-state index contributed by atoms with van der Waals surface area (Å²) in [6, 6.07) is 3.47. The number of ether oxygens (including phenoxy) is 2. The van der Waals surface area contributed by atoms with Crippen molar-refractivity contribution in [2.75, 3.05) is 19.8 Å². The minimum absolute atomic E-state index is 0.0426. The number of hydrogen-bond donors (Lipinski definition) is 2. The van der Waals surface area contributed by atoms with E-state index in [1.165, 1.54) is 12.3 Å². The molecule has 2 rings (SSSR count). The molecule has 1 amide bonds. The van der Waals surface area contributed by atoms with Gasteiger partial charge in [-0.15, -0.1) is 0 Å². The van der Waals surface area contributed by atoms with Crippen molar-refractivity contribution in [1.82, 2.24) is 5.32 Å². The van der Waals surface area contributed by atoms with Crippen molar-refractivity contribution in [3.63, 3.8) is 0 Å². The molecular weight excluding hydrogens is 318 g/mol. The Morgan fingerprint density at radius 1 is 1.42 bits per heavy atom. The van der Waals surface area contributed by atoms with Crippen molar-refractivity contribution in [2.45, 2.75) is 25.9 Å². The first kappa shape index (κ1) is 18.2. The van der Waals surface area contributed by atoms with Gasteiger partial charge in [0.15, 0.2) is 11.6 Å². The number of carbonyl (C=O) groups excluding carboxylic acids is 1. The summed E-state index contributed by atoms with van der Waals surface area (Å²) >= 11 is 0. The summed E-state index contributed by atoms with van der Waals surface area (Å²) in [5.74, 6) is -1.55. The lowest BCUT2D eigenvalue weighted by Gasteiger charge is -2.29. The van der Waals surface area contributed by atoms with E-state index in [9.17, 15) is 13.6 Å². The molecule has 2 atom stereocenters. The van der Waals surface area contributed by atoms with Crippen LogP contribution < -0.4 is 15.8 Å². The van der Waals surface area contributed by atoms with Crippen LogP contribution in [0.25, 0.3) is 0 Å². The standard InChI is InChI=1S/C17H22F2N2O3/c1-11(7-20)17(22)21-8-14-3-2-12(10-24-14)9-23-13-4-5-15(18)16(19)6-13/h4-7,12,14H,2-3,8-10,20H2,1H3,(H,21,22)/b11-7+. The second-order valence-electron chi connectivity index (χ2n) is 5.85. The Kier molecular flexibility index (Phi) is 6.54. The maximum Gasteiger partial charge on any atom is 0.248 e. The maximum absolute atomic E-state index is 13.1. The van der Waals surface area contributed by atoms with Gasteiger partial charge in [-0.1, -0.05) is 0 Å². The average molecular weight is 340 g/mol. The molecule has 0 aliphatic carbocycles. The van der Waals surface area contributed by atoms with Crippen LogP contribution >= 0.6 is 0 Å². The second-order valence-corrected chi connectivity index (χ2v) is 5.85. The van der Waals surface area contributed by atoms with E-state index in [1.54, 1.807) is 6.92 Å². The lowest BCUT2D eigenvalue weighted by atomic mass is 9.99. The van der Waals surface area contributed by atoms with Crippen LogP contribution in [0.5, 0.6) is 5.75 Å². The van der Waals surface area contributed by atoms with Gasteiger partial charge in [0.25, 0.3) is 0 Å². The van der Waals surface area contributed by atoms with E-state index in [2.05, 4.69) is 5.32 Å². The van der Waals surface area contributed by atoms with Gasteiger partial charge in [-0.25, -0.2) is 8.78 Å². The molecule has 1 aromatic carbocycles. The summed E-state index contributed by atoms with van der Waals surface area (Å²) in [7, 11) is 0. The number of rotatable bonds is 6. The molecule has 1 fully saturated rings. The monoisotopic (exact) mass is 340 g/mol. The first-order valence-corrected chi connectivity index (χ1v) is 7.85. The molecule has 24 heavy (non-hydrogen) atoms. The Labute approximate surface area is 139 Å². The highest BCUT2D eigenvalue weighted by Crippen LogP contribution is 2.21. The van der Waals surface area contributed by atoms with Gasteiger partial charge in [0.1, 0.15) is 5.75 Å². The van der Waals surface area contributed by atoms with Gasteiger partial charge in [0.05, 0.1) is 19.3 Å². The second kappa shape index (κ2) is 8.63. The van der Waals surface area contributed by atoms with Gasteiger partial charge in [-0.2, -0.15) is 0 Å². The summed E-state index contributed by atoms with van der Waals surface area (Å²) in [5.41, 5.74) is 5.75. The van der Waals surface area contributed by atoms with Crippen LogP contribution in [0.1, 0.15) is 19.8 Å². The fourth-order valence-corrected chi connectivity index (χ4v) is 2.36. The van der Waals surface area contributed by atoms with Crippen molar-refractivity contribution in [1.29, 1.82) is 0 Å². The quantitative estimate of drug-likeness (QED) is 0.778. The molecule has 132 valence electrons. The molecule has 5 nitrogen and oxygen atoms in total. The maximum atomic E-state index is 13.1. The van der Waals surface area contributed by atoms with Gasteiger partial charge in [0.2, 0.25) is 5.91 Å². The first-order chi connectivity index (χ1) is 11.5. The topological polar surface area (TPSA) is 73.6 Å². The average Bonchev–Trinajstić information content (AvgIpc) is 2.60. The smallest absolute Gasteiger partial charge is 0.248 e. The molecular formula is C17H22F2N2O3. The number of carbonyl (C=O) groups is 1. The zero-order valence-corrected chi connectivity index (χ0v) is 13.6. The molecule has 1 aliphatic heterocycles. The number of hydrogen-bond acceptors (Lipinski definition) is 4. The summed E-state index contributed by atoms with van der Waals surface area (Å²) in [5, 5.41) is 2.77. The third kappa shape index (κ3) is 5.19. The van der Waals surface area contributed by atoms with Crippen LogP contribution in [-0.4, -0.2) is 31.8 Å². The molecule has 0 spiro atoms. The van der Waals surface area contributed by atoms with Gasteiger partial charge in [0, 0.05) is 30.3 Å². The number of benzene rings is 1. The minimum atomic E-state index is -0.926. The van der Waals surface area contributed by atoms with Crippen molar-refractivity contribution in [2.24, 2.45) is 11.7 Å². The van der Waals surface area contributed by atoms with E-state index in [-0.39, 0.29) is 17.9 Å². The van der Waals surface area contributed by atoms with Crippen LogP contribution in [-0.2, 0) is 9.53 Å². The van der Waals surface area contributed by atoms with Crippen LogP contribution in [0.15, 0.2) is 30.0 Å². The number of nitrogens with one attached hydrogen (secondary N) is 1. The van der Waals surface area contributed by atoms with Crippen molar-refractivity contribution >= 4 is 5.91 Å². The van der Waals surface area contributed by atoms with E-state index < -0.39 is 11.6 Å². The van der Waals surface area contributed by atoms with Crippen molar-refractivity contribution in [3.8, 4) is 5.75 Å². The zero-order chi connectivity index (χ0) is 17.5. The van der Waals surface area contributed by atoms with Crippen molar-refractivity contribution in [3.05, 3.63) is 41.6 Å². The van der Waals surface area contributed by atoms with Crippen LogP contribution in [0.2, 0.25) is 0 Å². The molecule has 0 aromatic heterocycles. The fraction of sp³-hybridized carbons (Fsp3) is 0.471. The van der Waals surface area contributed by atoms with E-state index in [1.807, 2.05) is 0 Å². The minimum Gasteiger partial charge on any atom is -0.493 e. The molecule has 1 aliphatic rings. The largest absolute Gasteiger partial charge is 0.493 e. The third-order valence-corrected chi connectivity index (χ3v) is 3.94. The summed E-state index contributed by atoms with van der Waals surface area (Å²) < 4.78 is 37.1. The molecule has 2 unspecified atom stereocenters. The normalized spacial score (nSPS) is 21.4. The lowest BCUT2D eigenvalue weighted by Crippen LogP contribution is -2.38. The molecule has 3 N–H and O–H groups in total. The van der Waals surface area contributed by atoms with Crippen molar-refractivity contribution < 1.29 is 23.0 Å².